The molecule has 3 heterocycles. The molecule has 2 N–H and O–H groups in total. The van der Waals surface area contributed by atoms with Gasteiger partial charge in [0.05, 0.1) is 6.20 Å². The van der Waals surface area contributed by atoms with Gasteiger partial charge in [-0.25, -0.2) is 9.37 Å². The fourth-order valence-corrected chi connectivity index (χ4v) is 3.56. The molecular weight excluding hydrogens is 345 g/mol. The quantitative estimate of drug-likeness (QED) is 0.726. The number of nitrogens with one attached hydrogen (secondary N) is 2. The Morgan fingerprint density at radius 1 is 1.19 bits per heavy atom. The summed E-state index contributed by atoms with van der Waals surface area (Å²) in [5.74, 6) is 0.506. The van der Waals surface area contributed by atoms with Gasteiger partial charge in [-0.3, -0.25) is 9.89 Å². The van der Waals surface area contributed by atoms with Crippen molar-refractivity contribution in [1.82, 2.24) is 20.1 Å². The van der Waals surface area contributed by atoms with Crippen molar-refractivity contribution in [3.05, 3.63) is 42.9 Å². The lowest BCUT2D eigenvalue weighted by molar-refractivity contribution is -0.121. The van der Waals surface area contributed by atoms with Gasteiger partial charge in [0.25, 0.3) is 0 Å². The molecule has 0 bridgehead atoms. The van der Waals surface area contributed by atoms with Crippen molar-refractivity contribution in [3.8, 4) is 11.1 Å². The number of benzene rings is 1. The van der Waals surface area contributed by atoms with Gasteiger partial charge in [0, 0.05) is 35.8 Å². The first kappa shape index (κ1) is 17.6. The summed E-state index contributed by atoms with van der Waals surface area (Å²) in [5.41, 5.74) is 2.07. The number of nitrogens with zero attached hydrogens (tertiary/aromatic N) is 3. The highest BCUT2D eigenvalue weighted by molar-refractivity contribution is 5.95. The van der Waals surface area contributed by atoms with Gasteiger partial charge in [0.1, 0.15) is 12.5 Å². The molecule has 27 heavy (non-hydrogen) atoms. The lowest BCUT2D eigenvalue weighted by atomic mass is 9.96. The number of amides is 1. The third-order valence-electron chi connectivity index (χ3n) is 5.16. The Morgan fingerprint density at radius 2 is 2.04 bits per heavy atom. The molecule has 6 nitrogen and oxygen atoms in total. The van der Waals surface area contributed by atoms with Crippen LogP contribution in [0, 0.1) is 5.92 Å². The number of aromatic nitrogens is 3. The predicted octanol–water partition coefficient (Wildman–Crippen LogP) is 3.24. The van der Waals surface area contributed by atoms with E-state index < -0.39 is 0 Å². The van der Waals surface area contributed by atoms with E-state index in [0.717, 1.165) is 47.8 Å². The molecule has 7 heteroatoms. The molecule has 1 aliphatic heterocycles. The molecule has 3 aromatic rings. The molecule has 1 amide bonds. The Kier molecular flexibility index (Phi) is 5.11. The lowest BCUT2D eigenvalue weighted by Crippen LogP contribution is -2.39. The van der Waals surface area contributed by atoms with Crippen LogP contribution in [-0.2, 0) is 4.79 Å². The third-order valence-corrected chi connectivity index (χ3v) is 5.16. The second-order valence-electron chi connectivity index (χ2n) is 6.91. The molecule has 0 radical (unpaired) electrons. The fraction of sp³-hybridized carbons (Fsp3) is 0.350. The Morgan fingerprint density at radius 3 is 2.78 bits per heavy atom. The minimum absolute atomic E-state index is 0.00672. The molecule has 140 valence electrons. The summed E-state index contributed by atoms with van der Waals surface area (Å²) in [5, 5.41) is 11.8. The number of carbonyl (C=O) groups is 1. The van der Waals surface area contributed by atoms with Crippen LogP contribution >= 0.6 is 0 Å². The third kappa shape index (κ3) is 3.98. The summed E-state index contributed by atoms with van der Waals surface area (Å²) in [7, 11) is 0. The summed E-state index contributed by atoms with van der Waals surface area (Å²) < 4.78 is 12.4. The number of carbonyl (C=O) groups excluding carboxylic acids is 1. The van der Waals surface area contributed by atoms with Crippen molar-refractivity contribution in [2.24, 2.45) is 5.92 Å². The highest BCUT2D eigenvalue weighted by atomic mass is 19.1. The standard InChI is InChI=1S/C20H22FN5O/c21-5-8-26-6-3-14(4-7-26)20(27)25-19-10-17-9-15(18-12-23-24-13-18)1-2-16(17)11-22-19/h1-2,9-14H,3-8H2,(H,23,24)(H,22,25,27). The van der Waals surface area contributed by atoms with E-state index in [2.05, 4.69) is 31.5 Å². The number of fused-ring (bicyclic) bond motifs is 1. The normalized spacial score (nSPS) is 15.9. The zero-order chi connectivity index (χ0) is 18.6. The number of hydrogen-bond donors (Lipinski definition) is 2. The summed E-state index contributed by atoms with van der Waals surface area (Å²) in [4.78, 5) is 19.0. The van der Waals surface area contributed by atoms with Crippen LogP contribution in [0.15, 0.2) is 42.9 Å². The van der Waals surface area contributed by atoms with Crippen molar-refractivity contribution in [1.29, 1.82) is 0 Å². The maximum atomic E-state index is 12.6. The zero-order valence-corrected chi connectivity index (χ0v) is 15.0. The van der Waals surface area contributed by atoms with Gasteiger partial charge in [-0.15, -0.1) is 0 Å². The van der Waals surface area contributed by atoms with Crippen LogP contribution < -0.4 is 5.32 Å². The smallest absolute Gasteiger partial charge is 0.228 e. The van der Waals surface area contributed by atoms with E-state index in [1.807, 2.05) is 24.4 Å². The molecule has 0 unspecified atom stereocenters. The van der Waals surface area contributed by atoms with Crippen LogP contribution in [-0.4, -0.2) is 52.3 Å². The van der Waals surface area contributed by atoms with Crippen molar-refractivity contribution >= 4 is 22.5 Å². The van der Waals surface area contributed by atoms with E-state index in [9.17, 15) is 9.18 Å². The Balaban J connectivity index is 1.46. The van der Waals surface area contributed by atoms with Crippen molar-refractivity contribution in [3.63, 3.8) is 0 Å². The molecule has 0 aliphatic carbocycles. The van der Waals surface area contributed by atoms with E-state index in [4.69, 9.17) is 0 Å². The van der Waals surface area contributed by atoms with Crippen LogP contribution in [0.1, 0.15) is 12.8 Å². The van der Waals surface area contributed by atoms with Gasteiger partial charge in [-0.2, -0.15) is 5.10 Å². The molecule has 4 rings (SSSR count). The lowest BCUT2D eigenvalue weighted by Gasteiger charge is -2.30. The minimum Gasteiger partial charge on any atom is -0.310 e. The number of halogens is 1. The molecule has 1 saturated heterocycles. The number of likely N-dealkylation sites (tertiary alicyclic amines) is 1. The second kappa shape index (κ2) is 7.84. The minimum atomic E-state index is -0.335. The van der Waals surface area contributed by atoms with E-state index in [1.165, 1.54) is 0 Å². The number of rotatable bonds is 5. The Hall–Kier alpha value is -2.80. The summed E-state index contributed by atoms with van der Waals surface area (Å²) in [6, 6.07) is 8.00. The van der Waals surface area contributed by atoms with E-state index in [1.54, 1.807) is 12.4 Å². The Labute approximate surface area is 156 Å². The van der Waals surface area contributed by atoms with E-state index in [-0.39, 0.29) is 18.5 Å². The number of H-pyrrole nitrogens is 1. The molecule has 0 spiro atoms. The van der Waals surface area contributed by atoms with Gasteiger partial charge >= 0.3 is 0 Å². The van der Waals surface area contributed by atoms with E-state index >= 15 is 0 Å². The number of anilines is 1. The van der Waals surface area contributed by atoms with Gasteiger partial charge in [0.2, 0.25) is 5.91 Å². The maximum Gasteiger partial charge on any atom is 0.228 e. The highest BCUT2D eigenvalue weighted by Crippen LogP contribution is 2.25. The maximum absolute atomic E-state index is 12.6. The van der Waals surface area contributed by atoms with Gasteiger partial charge < -0.3 is 10.2 Å². The summed E-state index contributed by atoms with van der Waals surface area (Å²) in [6.07, 6.45) is 6.91. The molecule has 1 aromatic carbocycles. The molecule has 0 saturated carbocycles. The Bertz CT molecular complexity index is 919. The molecule has 1 aliphatic rings. The molecule has 0 atom stereocenters. The van der Waals surface area contributed by atoms with Crippen LogP contribution in [0.4, 0.5) is 10.2 Å². The van der Waals surface area contributed by atoms with Gasteiger partial charge in [-0.05, 0) is 49.0 Å². The van der Waals surface area contributed by atoms with Crippen molar-refractivity contribution in [2.75, 3.05) is 31.6 Å². The fourth-order valence-electron chi connectivity index (χ4n) is 3.56. The number of aromatic amines is 1. The largest absolute Gasteiger partial charge is 0.310 e. The van der Waals surface area contributed by atoms with Crippen LogP contribution in [0.5, 0.6) is 0 Å². The molecule has 2 aromatic heterocycles. The van der Waals surface area contributed by atoms with Gasteiger partial charge in [-0.1, -0.05) is 12.1 Å². The number of hydrogen-bond acceptors (Lipinski definition) is 4. The second-order valence-corrected chi connectivity index (χ2v) is 6.91. The average molecular weight is 367 g/mol. The topological polar surface area (TPSA) is 73.9 Å². The first-order valence-corrected chi connectivity index (χ1v) is 9.21. The van der Waals surface area contributed by atoms with Crippen LogP contribution in [0.25, 0.3) is 21.9 Å². The van der Waals surface area contributed by atoms with E-state index in [0.29, 0.717) is 12.4 Å². The monoisotopic (exact) mass is 367 g/mol. The van der Waals surface area contributed by atoms with Crippen molar-refractivity contribution < 1.29 is 9.18 Å². The van der Waals surface area contributed by atoms with Crippen LogP contribution in [0.2, 0.25) is 0 Å². The average Bonchev–Trinajstić information content (AvgIpc) is 3.23. The number of piperidine rings is 1. The number of pyridine rings is 1. The first-order chi connectivity index (χ1) is 13.2. The molecular formula is C20H22FN5O. The number of alkyl halides is 1. The highest BCUT2D eigenvalue weighted by Gasteiger charge is 2.25. The first-order valence-electron chi connectivity index (χ1n) is 9.21. The molecule has 1 fully saturated rings. The summed E-state index contributed by atoms with van der Waals surface area (Å²) >= 11 is 0. The van der Waals surface area contributed by atoms with Gasteiger partial charge in [0.15, 0.2) is 0 Å². The summed E-state index contributed by atoms with van der Waals surface area (Å²) in [6.45, 7) is 1.65. The van der Waals surface area contributed by atoms with Crippen LogP contribution in [0.3, 0.4) is 0 Å². The SMILES string of the molecule is O=C(Nc1cc2cc(-c3cn[nH]c3)ccc2cn1)C1CCN(CCF)CC1. The zero-order valence-electron chi connectivity index (χ0n) is 15.0. The predicted molar refractivity (Wildman–Crippen MR) is 103 cm³/mol. The van der Waals surface area contributed by atoms with Crippen molar-refractivity contribution in [2.45, 2.75) is 12.8 Å².